The van der Waals surface area contributed by atoms with Crippen molar-refractivity contribution >= 4 is 34.4 Å². The van der Waals surface area contributed by atoms with E-state index in [2.05, 4.69) is 10.5 Å². The van der Waals surface area contributed by atoms with E-state index in [9.17, 15) is 20.2 Å². The Bertz CT molecular complexity index is 605. The number of nitro benzene ring substituents is 2. The Morgan fingerprint density at radius 3 is 2.62 bits per heavy atom. The third kappa shape index (κ3) is 3.66. The lowest BCUT2D eigenvalue weighted by molar-refractivity contribution is -0.393. The number of benzene rings is 1. The second-order valence-corrected chi connectivity index (χ2v) is 5.17. The molecular formula is C12H13ClN4O4. The van der Waals surface area contributed by atoms with Crippen LogP contribution in [-0.2, 0) is 0 Å². The van der Waals surface area contributed by atoms with Crippen LogP contribution in [0.15, 0.2) is 23.3 Å². The van der Waals surface area contributed by atoms with Crippen molar-refractivity contribution in [1.29, 1.82) is 0 Å². The average molecular weight is 313 g/mol. The SMILES string of the molecule is O=[N+]([O-])c1ccc(NN=C2CCCCC2Cl)c([N+](=O)[O-])c1. The first-order valence-corrected chi connectivity index (χ1v) is 6.82. The molecule has 0 radical (unpaired) electrons. The molecule has 1 aromatic carbocycles. The van der Waals surface area contributed by atoms with Crippen molar-refractivity contribution < 1.29 is 9.85 Å². The lowest BCUT2D eigenvalue weighted by atomic mass is 9.98. The number of alkyl halides is 1. The van der Waals surface area contributed by atoms with E-state index in [0.29, 0.717) is 0 Å². The van der Waals surface area contributed by atoms with Crippen LogP contribution in [-0.4, -0.2) is 20.9 Å². The molecule has 1 fully saturated rings. The van der Waals surface area contributed by atoms with Gasteiger partial charge in [-0.2, -0.15) is 5.10 Å². The smallest absolute Gasteiger partial charge is 0.272 e. The van der Waals surface area contributed by atoms with Gasteiger partial charge in [0.15, 0.2) is 0 Å². The summed E-state index contributed by atoms with van der Waals surface area (Å²) in [7, 11) is 0. The van der Waals surface area contributed by atoms with Crippen LogP contribution in [0.25, 0.3) is 0 Å². The third-order valence-corrected chi connectivity index (χ3v) is 3.68. The van der Waals surface area contributed by atoms with Crippen LogP contribution in [0.1, 0.15) is 25.7 Å². The van der Waals surface area contributed by atoms with Crippen LogP contribution >= 0.6 is 11.6 Å². The molecule has 0 aliphatic heterocycles. The maximum atomic E-state index is 11.0. The first-order chi connectivity index (χ1) is 9.99. The number of nitrogens with one attached hydrogen (secondary N) is 1. The standard InChI is InChI=1S/C12H13ClN4O4/c13-9-3-1-2-4-10(9)14-15-11-6-5-8(16(18)19)7-12(11)17(20)21/h5-7,9,15H,1-4H2. The number of hydrazone groups is 1. The van der Waals surface area contributed by atoms with E-state index in [-0.39, 0.29) is 16.8 Å². The molecule has 0 saturated heterocycles. The fourth-order valence-electron chi connectivity index (χ4n) is 2.09. The molecule has 0 spiro atoms. The number of anilines is 1. The number of hydrogen-bond donors (Lipinski definition) is 1. The molecule has 0 amide bonds. The van der Waals surface area contributed by atoms with E-state index in [4.69, 9.17) is 11.6 Å². The van der Waals surface area contributed by atoms with Gasteiger partial charge in [-0.3, -0.25) is 25.7 Å². The number of nitrogens with zero attached hydrogens (tertiary/aromatic N) is 3. The number of hydrogen-bond acceptors (Lipinski definition) is 6. The van der Waals surface area contributed by atoms with E-state index >= 15 is 0 Å². The minimum absolute atomic E-state index is 0.104. The minimum atomic E-state index is -0.686. The summed E-state index contributed by atoms with van der Waals surface area (Å²) in [6, 6.07) is 3.36. The summed E-state index contributed by atoms with van der Waals surface area (Å²) in [5, 5.41) is 25.6. The topological polar surface area (TPSA) is 111 Å². The Morgan fingerprint density at radius 1 is 1.24 bits per heavy atom. The van der Waals surface area contributed by atoms with Gasteiger partial charge < -0.3 is 0 Å². The van der Waals surface area contributed by atoms with Gasteiger partial charge in [-0.15, -0.1) is 11.6 Å². The molecule has 8 nitrogen and oxygen atoms in total. The zero-order valence-electron chi connectivity index (χ0n) is 11.0. The highest BCUT2D eigenvalue weighted by molar-refractivity contribution is 6.32. The zero-order valence-corrected chi connectivity index (χ0v) is 11.7. The normalized spacial score (nSPS) is 20.2. The Morgan fingerprint density at radius 2 is 2.00 bits per heavy atom. The summed E-state index contributed by atoms with van der Waals surface area (Å²) >= 11 is 6.12. The molecule has 0 bridgehead atoms. The molecule has 0 heterocycles. The fraction of sp³-hybridized carbons (Fsp3) is 0.417. The summed E-state index contributed by atoms with van der Waals surface area (Å²) in [5.74, 6) is 0. The number of nitro groups is 2. The maximum Gasteiger partial charge on any atom is 0.301 e. The molecule has 1 saturated carbocycles. The van der Waals surface area contributed by atoms with Gasteiger partial charge in [0.25, 0.3) is 5.69 Å². The van der Waals surface area contributed by atoms with E-state index < -0.39 is 15.5 Å². The van der Waals surface area contributed by atoms with Gasteiger partial charge in [-0.25, -0.2) is 0 Å². The molecule has 1 aliphatic rings. The van der Waals surface area contributed by atoms with Gasteiger partial charge in [-0.1, -0.05) is 6.42 Å². The molecule has 1 N–H and O–H groups in total. The largest absolute Gasteiger partial charge is 0.301 e. The molecule has 2 rings (SSSR count). The number of non-ortho nitro benzene ring substituents is 1. The zero-order chi connectivity index (χ0) is 15.4. The molecule has 1 aliphatic carbocycles. The van der Waals surface area contributed by atoms with Gasteiger partial charge >= 0.3 is 5.69 Å². The molecule has 1 aromatic rings. The van der Waals surface area contributed by atoms with Gasteiger partial charge in [0.05, 0.1) is 27.0 Å². The second kappa shape index (κ2) is 6.49. The van der Waals surface area contributed by atoms with E-state index in [1.165, 1.54) is 12.1 Å². The van der Waals surface area contributed by atoms with Crippen LogP contribution < -0.4 is 5.43 Å². The average Bonchev–Trinajstić information content (AvgIpc) is 2.46. The Balaban J connectivity index is 2.25. The van der Waals surface area contributed by atoms with Crippen molar-refractivity contribution in [1.82, 2.24) is 0 Å². The maximum absolute atomic E-state index is 11.0. The van der Waals surface area contributed by atoms with Crippen LogP contribution in [0, 0.1) is 20.2 Å². The Hall–Kier alpha value is -2.22. The Kier molecular flexibility index (Phi) is 4.69. The first-order valence-electron chi connectivity index (χ1n) is 6.38. The lowest BCUT2D eigenvalue weighted by Crippen LogP contribution is -2.20. The molecular weight excluding hydrogens is 300 g/mol. The van der Waals surface area contributed by atoms with E-state index in [1.54, 1.807) is 0 Å². The molecule has 9 heteroatoms. The van der Waals surface area contributed by atoms with Crippen LogP contribution in [0.3, 0.4) is 0 Å². The summed E-state index contributed by atoms with van der Waals surface area (Å²) in [5.41, 5.74) is 2.72. The molecule has 1 unspecified atom stereocenters. The summed E-state index contributed by atoms with van der Waals surface area (Å²) in [6.07, 6.45) is 3.57. The van der Waals surface area contributed by atoms with Crippen molar-refractivity contribution in [2.75, 3.05) is 5.43 Å². The highest BCUT2D eigenvalue weighted by Gasteiger charge is 2.21. The lowest BCUT2D eigenvalue weighted by Gasteiger charge is -2.18. The van der Waals surface area contributed by atoms with Crippen LogP contribution in [0.5, 0.6) is 0 Å². The number of rotatable bonds is 4. The summed E-state index contributed by atoms with van der Waals surface area (Å²) in [4.78, 5) is 20.3. The van der Waals surface area contributed by atoms with Crippen molar-refractivity contribution in [3.63, 3.8) is 0 Å². The molecule has 1 atom stereocenters. The molecule has 0 aromatic heterocycles. The fourth-order valence-corrected chi connectivity index (χ4v) is 2.40. The highest BCUT2D eigenvalue weighted by atomic mass is 35.5. The summed E-state index contributed by atoms with van der Waals surface area (Å²) < 4.78 is 0. The van der Waals surface area contributed by atoms with E-state index in [0.717, 1.165) is 37.5 Å². The van der Waals surface area contributed by atoms with Crippen LogP contribution in [0.2, 0.25) is 0 Å². The second-order valence-electron chi connectivity index (χ2n) is 4.64. The predicted molar refractivity (Wildman–Crippen MR) is 78.9 cm³/mol. The number of halogens is 1. The predicted octanol–water partition coefficient (Wildman–Crippen LogP) is 3.45. The van der Waals surface area contributed by atoms with Gasteiger partial charge in [0.1, 0.15) is 5.69 Å². The quantitative estimate of drug-likeness (QED) is 0.520. The first kappa shape index (κ1) is 15.2. The van der Waals surface area contributed by atoms with Gasteiger partial charge in [0.2, 0.25) is 0 Å². The van der Waals surface area contributed by atoms with Gasteiger partial charge in [-0.05, 0) is 25.3 Å². The van der Waals surface area contributed by atoms with Crippen molar-refractivity contribution in [3.8, 4) is 0 Å². The molecule has 112 valence electrons. The Labute approximate surface area is 125 Å². The van der Waals surface area contributed by atoms with E-state index in [1.807, 2.05) is 0 Å². The van der Waals surface area contributed by atoms with Crippen LogP contribution in [0.4, 0.5) is 17.1 Å². The monoisotopic (exact) mass is 312 g/mol. The van der Waals surface area contributed by atoms with Gasteiger partial charge in [0, 0.05) is 6.07 Å². The highest BCUT2D eigenvalue weighted by Crippen LogP contribution is 2.29. The third-order valence-electron chi connectivity index (χ3n) is 3.21. The molecule has 21 heavy (non-hydrogen) atoms. The minimum Gasteiger partial charge on any atom is -0.272 e. The van der Waals surface area contributed by atoms with Crippen molar-refractivity contribution in [2.45, 2.75) is 31.1 Å². The summed E-state index contributed by atoms with van der Waals surface area (Å²) in [6.45, 7) is 0. The van der Waals surface area contributed by atoms with Crippen molar-refractivity contribution in [3.05, 3.63) is 38.4 Å². The van der Waals surface area contributed by atoms with Crippen molar-refractivity contribution in [2.24, 2.45) is 5.10 Å².